The van der Waals surface area contributed by atoms with Crippen LogP contribution < -0.4 is 5.32 Å². The van der Waals surface area contributed by atoms with Crippen LogP contribution in [-0.2, 0) is 17.9 Å². The lowest BCUT2D eigenvalue weighted by molar-refractivity contribution is -0.145. The zero-order chi connectivity index (χ0) is 21.0. The Bertz CT molecular complexity index is 839. The third-order valence-corrected chi connectivity index (χ3v) is 5.25. The fraction of sp³-hybridized carbons (Fsp3) is 0.500. The summed E-state index contributed by atoms with van der Waals surface area (Å²) >= 11 is 0. The number of hydrogen-bond acceptors (Lipinski definition) is 3. The van der Waals surface area contributed by atoms with Crippen LogP contribution in [0.2, 0.25) is 0 Å². The molecule has 7 heteroatoms. The van der Waals surface area contributed by atoms with Crippen molar-refractivity contribution in [2.24, 2.45) is 4.99 Å². The maximum atomic E-state index is 12.7. The van der Waals surface area contributed by atoms with E-state index in [0.717, 1.165) is 19.0 Å². The van der Waals surface area contributed by atoms with E-state index in [0.29, 0.717) is 13.1 Å². The molecule has 1 aliphatic heterocycles. The Morgan fingerprint density at radius 1 is 1.24 bits per heavy atom. The molecule has 1 aromatic carbocycles. The van der Waals surface area contributed by atoms with Crippen molar-refractivity contribution in [3.8, 4) is 0 Å². The molecule has 0 aliphatic carbocycles. The number of amides is 1. The number of guanidine groups is 1. The van der Waals surface area contributed by atoms with E-state index in [-0.39, 0.29) is 17.5 Å². The summed E-state index contributed by atoms with van der Waals surface area (Å²) in [4.78, 5) is 25.2. The molecule has 1 aromatic heterocycles. The van der Waals surface area contributed by atoms with Gasteiger partial charge < -0.3 is 19.7 Å². The Labute approximate surface area is 173 Å². The maximum absolute atomic E-state index is 12.7. The summed E-state index contributed by atoms with van der Waals surface area (Å²) in [5.74, 6) is 0.903. The van der Waals surface area contributed by atoms with Crippen molar-refractivity contribution >= 4 is 11.9 Å². The molecule has 1 fully saturated rings. The van der Waals surface area contributed by atoms with Gasteiger partial charge in [0.05, 0.1) is 18.4 Å². The molecule has 1 N–H and O–H groups in total. The van der Waals surface area contributed by atoms with Crippen LogP contribution in [0, 0.1) is 0 Å². The third-order valence-electron chi connectivity index (χ3n) is 5.25. The van der Waals surface area contributed by atoms with Gasteiger partial charge in [-0.25, -0.2) is 4.98 Å². The first-order chi connectivity index (χ1) is 13.8. The van der Waals surface area contributed by atoms with Crippen LogP contribution in [0.25, 0.3) is 0 Å². The van der Waals surface area contributed by atoms with Gasteiger partial charge in [0.25, 0.3) is 0 Å². The van der Waals surface area contributed by atoms with Crippen LogP contribution in [0.4, 0.5) is 0 Å². The lowest BCUT2D eigenvalue weighted by Crippen LogP contribution is -2.66. The molecule has 2 heterocycles. The minimum atomic E-state index is -0.240. The van der Waals surface area contributed by atoms with E-state index in [1.165, 1.54) is 11.1 Å². The number of aliphatic imine (C=N–C) groups is 1. The number of piperazine rings is 1. The summed E-state index contributed by atoms with van der Waals surface area (Å²) < 4.78 is 2.05. The van der Waals surface area contributed by atoms with Crippen molar-refractivity contribution < 1.29 is 4.79 Å². The van der Waals surface area contributed by atoms with Gasteiger partial charge in [-0.15, -0.1) is 0 Å². The van der Waals surface area contributed by atoms with E-state index in [1.807, 2.05) is 22.0 Å². The summed E-state index contributed by atoms with van der Waals surface area (Å²) in [6.07, 6.45) is 5.57. The van der Waals surface area contributed by atoms with Crippen LogP contribution >= 0.6 is 0 Å². The Hall–Kier alpha value is -2.83. The molecule has 7 nitrogen and oxygen atoms in total. The molecular weight excluding hydrogens is 364 g/mol. The van der Waals surface area contributed by atoms with Gasteiger partial charge in [-0.05, 0) is 38.8 Å². The van der Waals surface area contributed by atoms with E-state index in [4.69, 9.17) is 0 Å². The number of aromatic nitrogens is 2. The van der Waals surface area contributed by atoms with Crippen molar-refractivity contribution in [3.05, 3.63) is 54.1 Å². The third kappa shape index (κ3) is 4.96. The van der Waals surface area contributed by atoms with Gasteiger partial charge in [-0.2, -0.15) is 0 Å². The Kier molecular flexibility index (Phi) is 6.25. The Balaban J connectivity index is 1.60. The highest BCUT2D eigenvalue weighted by Crippen LogP contribution is 2.24. The number of rotatable bonds is 5. The van der Waals surface area contributed by atoms with E-state index in [1.54, 1.807) is 13.2 Å². The molecule has 0 radical (unpaired) electrons. The van der Waals surface area contributed by atoms with Gasteiger partial charge in [-0.1, -0.05) is 24.3 Å². The summed E-state index contributed by atoms with van der Waals surface area (Å²) in [6.45, 7) is 10.9. The number of benzene rings is 1. The van der Waals surface area contributed by atoms with Crippen molar-refractivity contribution in [1.29, 1.82) is 0 Å². The topological polar surface area (TPSA) is 65.8 Å². The summed E-state index contributed by atoms with van der Waals surface area (Å²) in [6, 6.07) is 8.70. The van der Waals surface area contributed by atoms with Crippen molar-refractivity contribution in [2.75, 3.05) is 20.1 Å². The first kappa shape index (κ1) is 20.9. The first-order valence-electron chi connectivity index (χ1n) is 10.1. The highest BCUT2D eigenvalue weighted by molar-refractivity contribution is 5.88. The number of carbonyl (C=O) groups is 1. The van der Waals surface area contributed by atoms with E-state index < -0.39 is 0 Å². The second-order valence-corrected chi connectivity index (χ2v) is 8.48. The molecule has 0 spiro atoms. The number of imidazole rings is 1. The van der Waals surface area contributed by atoms with Gasteiger partial charge in [0.15, 0.2) is 5.96 Å². The number of carbonyl (C=O) groups excluding carboxylic acids is 1. The molecule has 0 saturated carbocycles. The molecule has 0 bridgehead atoms. The van der Waals surface area contributed by atoms with Gasteiger partial charge in [0, 0.05) is 45.1 Å². The molecule has 3 rings (SSSR count). The SMILES string of the molecule is CN=C(NCc1ccc(Cn2ccnc2)cc1)N1CC(=O)N(C(C)C)C(C)(C)C1. The monoisotopic (exact) mass is 396 g/mol. The normalized spacial score (nSPS) is 17.2. The zero-order valence-electron chi connectivity index (χ0n) is 18.1. The summed E-state index contributed by atoms with van der Waals surface area (Å²) in [5, 5.41) is 3.41. The average Bonchev–Trinajstić information content (AvgIpc) is 3.15. The quantitative estimate of drug-likeness (QED) is 0.622. The van der Waals surface area contributed by atoms with Crippen molar-refractivity contribution in [1.82, 2.24) is 24.7 Å². The highest BCUT2D eigenvalue weighted by Gasteiger charge is 2.40. The van der Waals surface area contributed by atoms with E-state index in [2.05, 4.69) is 72.2 Å². The van der Waals surface area contributed by atoms with Gasteiger partial charge in [-0.3, -0.25) is 9.79 Å². The van der Waals surface area contributed by atoms with E-state index in [9.17, 15) is 4.79 Å². The predicted octanol–water partition coefficient (Wildman–Crippen LogP) is 2.34. The largest absolute Gasteiger partial charge is 0.352 e. The molecule has 0 atom stereocenters. The van der Waals surface area contributed by atoms with Gasteiger partial charge in [0.1, 0.15) is 0 Å². The average molecular weight is 397 g/mol. The van der Waals surface area contributed by atoms with Gasteiger partial charge >= 0.3 is 0 Å². The zero-order valence-corrected chi connectivity index (χ0v) is 18.1. The van der Waals surface area contributed by atoms with Crippen LogP contribution in [0.15, 0.2) is 48.0 Å². The Morgan fingerprint density at radius 3 is 2.48 bits per heavy atom. The number of nitrogens with one attached hydrogen (secondary N) is 1. The molecule has 1 saturated heterocycles. The molecule has 1 amide bonds. The fourth-order valence-corrected chi connectivity index (χ4v) is 4.18. The molecule has 2 aromatic rings. The second kappa shape index (κ2) is 8.68. The second-order valence-electron chi connectivity index (χ2n) is 8.48. The summed E-state index contributed by atoms with van der Waals surface area (Å²) in [5.41, 5.74) is 2.16. The lowest BCUT2D eigenvalue weighted by atomic mass is 9.96. The number of hydrogen-bond donors (Lipinski definition) is 1. The molecule has 29 heavy (non-hydrogen) atoms. The van der Waals surface area contributed by atoms with Crippen LogP contribution in [-0.4, -0.2) is 62.9 Å². The highest BCUT2D eigenvalue weighted by atomic mass is 16.2. The predicted molar refractivity (Wildman–Crippen MR) is 116 cm³/mol. The maximum Gasteiger partial charge on any atom is 0.242 e. The van der Waals surface area contributed by atoms with Gasteiger partial charge in [0.2, 0.25) is 5.91 Å². The molecule has 0 unspecified atom stereocenters. The van der Waals surface area contributed by atoms with Crippen LogP contribution in [0.1, 0.15) is 38.8 Å². The first-order valence-corrected chi connectivity index (χ1v) is 10.1. The number of nitrogens with zero attached hydrogens (tertiary/aromatic N) is 5. The minimum absolute atomic E-state index is 0.142. The van der Waals surface area contributed by atoms with Crippen LogP contribution in [0.3, 0.4) is 0 Å². The standard InChI is InChI=1S/C22H32N6O/c1-17(2)28-20(29)14-27(15-22(28,3)4)21(23-5)25-12-18-6-8-19(9-7-18)13-26-11-10-24-16-26/h6-11,16-17H,12-15H2,1-5H3,(H,23,25). The molecule has 156 valence electrons. The Morgan fingerprint density at radius 2 is 1.93 bits per heavy atom. The lowest BCUT2D eigenvalue weighted by Gasteiger charge is -2.49. The van der Waals surface area contributed by atoms with Crippen LogP contribution in [0.5, 0.6) is 0 Å². The van der Waals surface area contributed by atoms with Crippen molar-refractivity contribution in [3.63, 3.8) is 0 Å². The fourth-order valence-electron chi connectivity index (χ4n) is 4.18. The van der Waals surface area contributed by atoms with Crippen molar-refractivity contribution in [2.45, 2.75) is 52.4 Å². The molecular formula is C22H32N6O. The summed E-state index contributed by atoms with van der Waals surface area (Å²) in [7, 11) is 1.77. The minimum Gasteiger partial charge on any atom is -0.352 e. The van der Waals surface area contributed by atoms with E-state index >= 15 is 0 Å². The smallest absolute Gasteiger partial charge is 0.242 e. The molecule has 1 aliphatic rings.